The van der Waals surface area contributed by atoms with Crippen LogP contribution in [-0.2, 0) is 14.4 Å². The molecule has 2 aliphatic rings. The van der Waals surface area contributed by atoms with Gasteiger partial charge in [-0.05, 0) is 25.0 Å². The fourth-order valence-electron chi connectivity index (χ4n) is 3.59. The van der Waals surface area contributed by atoms with Crippen LogP contribution in [0.2, 0.25) is 0 Å². The summed E-state index contributed by atoms with van der Waals surface area (Å²) < 4.78 is 5.11. The molecule has 2 unspecified atom stereocenters. The largest absolute Gasteiger partial charge is 0.497 e. The van der Waals surface area contributed by atoms with Crippen LogP contribution < -0.4 is 10.1 Å². The van der Waals surface area contributed by atoms with E-state index in [4.69, 9.17) is 4.74 Å². The number of carbonyl (C=O) groups is 3. The Morgan fingerprint density at radius 3 is 2.50 bits per heavy atom. The minimum Gasteiger partial charge on any atom is -0.497 e. The van der Waals surface area contributed by atoms with Gasteiger partial charge in [0.15, 0.2) is 0 Å². The molecule has 6 heteroatoms. The molecule has 1 N–H and O–H groups in total. The summed E-state index contributed by atoms with van der Waals surface area (Å²) in [7, 11) is 1.56. The van der Waals surface area contributed by atoms with E-state index in [9.17, 15) is 14.4 Å². The summed E-state index contributed by atoms with van der Waals surface area (Å²) >= 11 is 0. The van der Waals surface area contributed by atoms with Crippen molar-refractivity contribution in [2.45, 2.75) is 32.1 Å². The Kier molecular flexibility index (Phi) is 4.83. The fraction of sp³-hybridized carbons (Fsp3) is 0.500. The van der Waals surface area contributed by atoms with Crippen molar-refractivity contribution in [1.82, 2.24) is 4.90 Å². The molecule has 0 bridgehead atoms. The number of hydrogen-bond donors (Lipinski definition) is 1. The van der Waals surface area contributed by atoms with E-state index >= 15 is 0 Å². The van der Waals surface area contributed by atoms with Crippen molar-refractivity contribution in [3.63, 3.8) is 0 Å². The number of carbonyl (C=O) groups excluding carboxylic acids is 3. The van der Waals surface area contributed by atoms with Gasteiger partial charge in [-0.25, -0.2) is 0 Å². The number of anilines is 1. The Labute approximate surface area is 141 Å². The molecular weight excluding hydrogens is 308 g/mol. The monoisotopic (exact) mass is 330 g/mol. The molecule has 3 amide bonds. The first-order valence-corrected chi connectivity index (χ1v) is 8.39. The molecule has 0 aromatic heterocycles. The van der Waals surface area contributed by atoms with Crippen LogP contribution in [0.4, 0.5) is 5.69 Å². The van der Waals surface area contributed by atoms with E-state index in [0.717, 1.165) is 25.7 Å². The van der Waals surface area contributed by atoms with E-state index in [1.54, 1.807) is 31.4 Å². The van der Waals surface area contributed by atoms with Gasteiger partial charge in [0.05, 0.1) is 18.9 Å². The Bertz CT molecular complexity index is 634. The zero-order chi connectivity index (χ0) is 17.1. The van der Waals surface area contributed by atoms with Crippen molar-refractivity contribution in [2.24, 2.45) is 11.8 Å². The van der Waals surface area contributed by atoms with Crippen molar-refractivity contribution in [3.8, 4) is 5.75 Å². The first-order valence-electron chi connectivity index (χ1n) is 8.39. The Hall–Kier alpha value is -2.37. The van der Waals surface area contributed by atoms with Crippen molar-refractivity contribution < 1.29 is 19.1 Å². The topological polar surface area (TPSA) is 75.7 Å². The fourth-order valence-corrected chi connectivity index (χ4v) is 3.59. The maximum Gasteiger partial charge on any atom is 0.233 e. The first-order chi connectivity index (χ1) is 11.6. The zero-order valence-electron chi connectivity index (χ0n) is 13.8. The molecule has 2 atom stereocenters. The quantitative estimate of drug-likeness (QED) is 0.840. The van der Waals surface area contributed by atoms with Crippen LogP contribution in [0.25, 0.3) is 0 Å². The molecule has 128 valence electrons. The Morgan fingerprint density at radius 2 is 1.88 bits per heavy atom. The van der Waals surface area contributed by atoms with Crippen LogP contribution in [-0.4, -0.2) is 36.3 Å². The molecule has 1 saturated heterocycles. The highest BCUT2D eigenvalue weighted by Crippen LogP contribution is 2.37. The summed E-state index contributed by atoms with van der Waals surface area (Å²) in [5.74, 6) is -0.0846. The standard InChI is InChI=1S/C18H22N2O4/c1-24-13-6-4-5-12(11-13)19-16(21)9-10-20-17(22)14-7-2-3-8-15(14)18(20)23/h4-6,11,14-15H,2-3,7-10H2,1H3,(H,19,21). The van der Waals surface area contributed by atoms with E-state index in [1.807, 2.05) is 0 Å². The number of likely N-dealkylation sites (tertiary alicyclic amines) is 1. The highest BCUT2D eigenvalue weighted by atomic mass is 16.5. The average Bonchev–Trinajstić information content (AvgIpc) is 2.84. The number of fused-ring (bicyclic) bond motifs is 1. The third-order valence-electron chi connectivity index (χ3n) is 4.85. The van der Waals surface area contributed by atoms with Gasteiger partial charge in [-0.1, -0.05) is 18.9 Å². The summed E-state index contributed by atoms with van der Waals surface area (Å²) in [6, 6.07) is 7.06. The number of hydrogen-bond acceptors (Lipinski definition) is 4. The summed E-state index contributed by atoms with van der Waals surface area (Å²) in [5.41, 5.74) is 0.632. The molecule has 1 aromatic carbocycles. The first kappa shape index (κ1) is 16.5. The number of rotatable bonds is 5. The number of nitrogens with zero attached hydrogens (tertiary/aromatic N) is 1. The normalized spacial score (nSPS) is 23.1. The van der Waals surface area contributed by atoms with Gasteiger partial charge in [-0.2, -0.15) is 0 Å². The van der Waals surface area contributed by atoms with Crippen LogP contribution in [0.1, 0.15) is 32.1 Å². The summed E-state index contributed by atoms with van der Waals surface area (Å²) in [6.07, 6.45) is 3.70. The maximum atomic E-state index is 12.4. The molecule has 0 spiro atoms. The maximum absolute atomic E-state index is 12.4. The SMILES string of the molecule is COc1cccc(NC(=O)CCN2C(=O)C3CCCCC3C2=O)c1. The van der Waals surface area contributed by atoms with Gasteiger partial charge < -0.3 is 10.1 Å². The molecule has 3 rings (SSSR count). The molecule has 24 heavy (non-hydrogen) atoms. The lowest BCUT2D eigenvalue weighted by atomic mass is 9.81. The summed E-state index contributed by atoms with van der Waals surface area (Å²) in [6.45, 7) is 0.153. The van der Waals surface area contributed by atoms with Crippen LogP contribution in [0.15, 0.2) is 24.3 Å². The predicted octanol–water partition coefficient (Wildman–Crippen LogP) is 2.20. The van der Waals surface area contributed by atoms with Gasteiger partial charge in [0.1, 0.15) is 5.75 Å². The second-order valence-electron chi connectivity index (χ2n) is 6.36. The second-order valence-corrected chi connectivity index (χ2v) is 6.36. The number of amides is 3. The Balaban J connectivity index is 1.56. The average molecular weight is 330 g/mol. The minimum atomic E-state index is -0.223. The predicted molar refractivity (Wildman–Crippen MR) is 88.4 cm³/mol. The van der Waals surface area contributed by atoms with Gasteiger partial charge in [0, 0.05) is 24.7 Å². The number of methoxy groups -OCH3 is 1. The Morgan fingerprint density at radius 1 is 1.21 bits per heavy atom. The number of ether oxygens (including phenoxy) is 1. The molecule has 1 saturated carbocycles. The highest BCUT2D eigenvalue weighted by molar-refractivity contribution is 6.05. The van der Waals surface area contributed by atoms with Crippen molar-refractivity contribution >= 4 is 23.4 Å². The minimum absolute atomic E-state index is 0.0983. The highest BCUT2D eigenvalue weighted by Gasteiger charge is 2.47. The molecule has 1 aromatic rings. The number of nitrogens with one attached hydrogen (secondary N) is 1. The summed E-state index contributed by atoms with van der Waals surface area (Å²) in [4.78, 5) is 38.1. The molecule has 1 aliphatic heterocycles. The molecule has 2 fully saturated rings. The lowest BCUT2D eigenvalue weighted by molar-refractivity contribution is -0.140. The zero-order valence-corrected chi connectivity index (χ0v) is 13.8. The van der Waals surface area contributed by atoms with Crippen LogP contribution in [0, 0.1) is 11.8 Å². The van der Waals surface area contributed by atoms with Crippen molar-refractivity contribution in [3.05, 3.63) is 24.3 Å². The third-order valence-corrected chi connectivity index (χ3v) is 4.85. The molecule has 1 aliphatic carbocycles. The molecular formula is C18H22N2O4. The summed E-state index contributed by atoms with van der Waals surface area (Å²) in [5, 5.41) is 2.76. The smallest absolute Gasteiger partial charge is 0.233 e. The van der Waals surface area contributed by atoms with Crippen LogP contribution >= 0.6 is 0 Å². The number of benzene rings is 1. The van der Waals surface area contributed by atoms with E-state index in [-0.39, 0.29) is 42.5 Å². The van der Waals surface area contributed by atoms with Gasteiger partial charge in [0.2, 0.25) is 17.7 Å². The lowest BCUT2D eigenvalue weighted by Gasteiger charge is -2.19. The van der Waals surface area contributed by atoms with Crippen molar-refractivity contribution in [2.75, 3.05) is 19.0 Å². The van der Waals surface area contributed by atoms with Gasteiger partial charge in [-0.3, -0.25) is 19.3 Å². The van der Waals surface area contributed by atoms with E-state index in [2.05, 4.69) is 5.32 Å². The molecule has 6 nitrogen and oxygen atoms in total. The van der Waals surface area contributed by atoms with E-state index in [1.165, 1.54) is 4.90 Å². The van der Waals surface area contributed by atoms with Crippen LogP contribution in [0.3, 0.4) is 0 Å². The van der Waals surface area contributed by atoms with Gasteiger partial charge >= 0.3 is 0 Å². The molecule has 0 radical (unpaired) electrons. The van der Waals surface area contributed by atoms with E-state index in [0.29, 0.717) is 11.4 Å². The molecule has 1 heterocycles. The van der Waals surface area contributed by atoms with Gasteiger partial charge in [-0.15, -0.1) is 0 Å². The lowest BCUT2D eigenvalue weighted by Crippen LogP contribution is -2.34. The van der Waals surface area contributed by atoms with Crippen LogP contribution in [0.5, 0.6) is 5.75 Å². The second kappa shape index (κ2) is 7.03. The number of imide groups is 1. The van der Waals surface area contributed by atoms with Gasteiger partial charge in [0.25, 0.3) is 0 Å². The van der Waals surface area contributed by atoms with E-state index < -0.39 is 0 Å². The third kappa shape index (κ3) is 3.27. The van der Waals surface area contributed by atoms with Crippen molar-refractivity contribution in [1.29, 1.82) is 0 Å².